The van der Waals surface area contributed by atoms with E-state index in [2.05, 4.69) is 31.0 Å². The molecule has 192 valence electrons. The van der Waals surface area contributed by atoms with Gasteiger partial charge in [0, 0.05) is 41.8 Å². The standard InChI is InChI=1S/C29H22FN7O2/c1-31-18-12-13-19(21(30)16-18)25-23(27-32-14-7-15-37(27)36-25)28(38)35-26-29(39)33-22-11-6-5-10-20(22)24(34-26)17-8-3-2-4-9-17/h2-16,26,31H,1H3,(H,33,39)(H,35,38)/t26-/m1/s1. The molecule has 1 atom stereocenters. The summed E-state index contributed by atoms with van der Waals surface area (Å²) >= 11 is 0. The minimum atomic E-state index is -1.27. The van der Waals surface area contributed by atoms with E-state index in [1.807, 2.05) is 48.5 Å². The molecule has 0 aliphatic carbocycles. The number of halogens is 1. The molecule has 3 N–H and O–H groups in total. The Labute approximate surface area is 222 Å². The summed E-state index contributed by atoms with van der Waals surface area (Å²) in [7, 11) is 1.68. The van der Waals surface area contributed by atoms with Gasteiger partial charge in [-0.05, 0) is 30.3 Å². The van der Waals surface area contributed by atoms with Crippen LogP contribution in [-0.4, -0.2) is 45.3 Å². The summed E-state index contributed by atoms with van der Waals surface area (Å²) < 4.78 is 16.5. The van der Waals surface area contributed by atoms with Gasteiger partial charge in [-0.15, -0.1) is 0 Å². The van der Waals surface area contributed by atoms with Gasteiger partial charge in [0.15, 0.2) is 5.65 Å². The maximum atomic E-state index is 15.1. The molecule has 1 aliphatic rings. The topological polar surface area (TPSA) is 113 Å². The molecule has 0 spiro atoms. The second kappa shape index (κ2) is 9.82. The number of carbonyl (C=O) groups is 2. The number of benzene rings is 3. The summed E-state index contributed by atoms with van der Waals surface area (Å²) in [5.74, 6) is -1.75. The smallest absolute Gasteiger partial charge is 0.269 e. The number of nitrogens with one attached hydrogen (secondary N) is 3. The van der Waals surface area contributed by atoms with E-state index in [9.17, 15) is 9.59 Å². The molecule has 0 saturated heterocycles. The van der Waals surface area contributed by atoms with E-state index < -0.39 is 23.8 Å². The van der Waals surface area contributed by atoms with E-state index in [0.29, 0.717) is 17.1 Å². The first-order valence-corrected chi connectivity index (χ1v) is 12.2. The van der Waals surface area contributed by atoms with Crippen LogP contribution < -0.4 is 16.0 Å². The summed E-state index contributed by atoms with van der Waals surface area (Å²) in [5.41, 5.74) is 3.65. The van der Waals surface area contributed by atoms with Crippen molar-refractivity contribution in [2.24, 2.45) is 4.99 Å². The second-order valence-electron chi connectivity index (χ2n) is 8.81. The first-order valence-electron chi connectivity index (χ1n) is 12.2. The predicted molar refractivity (Wildman–Crippen MR) is 146 cm³/mol. The van der Waals surface area contributed by atoms with E-state index in [0.717, 1.165) is 11.1 Å². The molecule has 0 saturated carbocycles. The molecule has 5 aromatic rings. The van der Waals surface area contributed by atoms with Gasteiger partial charge in [-0.3, -0.25) is 9.59 Å². The van der Waals surface area contributed by atoms with Crippen molar-refractivity contribution in [3.63, 3.8) is 0 Å². The molecule has 0 fully saturated rings. The molecular weight excluding hydrogens is 497 g/mol. The third-order valence-corrected chi connectivity index (χ3v) is 6.40. The summed E-state index contributed by atoms with van der Waals surface area (Å²) in [4.78, 5) is 36.1. The quantitative estimate of drug-likeness (QED) is 0.323. The fourth-order valence-electron chi connectivity index (χ4n) is 4.52. The zero-order chi connectivity index (χ0) is 26.9. The summed E-state index contributed by atoms with van der Waals surface area (Å²) in [6.07, 6.45) is 1.85. The summed E-state index contributed by atoms with van der Waals surface area (Å²) in [6, 6.07) is 22.9. The largest absolute Gasteiger partial charge is 0.388 e. The third-order valence-electron chi connectivity index (χ3n) is 6.40. The van der Waals surface area contributed by atoms with Crippen LogP contribution >= 0.6 is 0 Å². The van der Waals surface area contributed by atoms with Gasteiger partial charge in [0.25, 0.3) is 11.8 Å². The molecule has 10 heteroatoms. The maximum absolute atomic E-state index is 15.1. The van der Waals surface area contributed by atoms with Gasteiger partial charge in [0.05, 0.1) is 11.4 Å². The van der Waals surface area contributed by atoms with Crippen molar-refractivity contribution in [3.8, 4) is 11.3 Å². The van der Waals surface area contributed by atoms with Crippen molar-refractivity contribution in [2.75, 3.05) is 17.7 Å². The van der Waals surface area contributed by atoms with Crippen molar-refractivity contribution in [1.29, 1.82) is 0 Å². The molecular formula is C29H22FN7O2. The van der Waals surface area contributed by atoms with Crippen molar-refractivity contribution < 1.29 is 14.0 Å². The second-order valence-corrected chi connectivity index (χ2v) is 8.81. The van der Waals surface area contributed by atoms with Crippen molar-refractivity contribution in [2.45, 2.75) is 6.17 Å². The normalized spacial score (nSPS) is 14.7. The van der Waals surface area contributed by atoms with E-state index in [4.69, 9.17) is 0 Å². The van der Waals surface area contributed by atoms with Crippen molar-refractivity contribution in [3.05, 3.63) is 114 Å². The van der Waals surface area contributed by atoms with Crippen LogP contribution in [0.2, 0.25) is 0 Å². The lowest BCUT2D eigenvalue weighted by atomic mass is 10.0. The molecule has 9 nitrogen and oxygen atoms in total. The lowest BCUT2D eigenvalue weighted by Crippen LogP contribution is -2.42. The SMILES string of the molecule is CNc1ccc(-c2nn3cccnc3c2C(=O)N[C@H]2N=C(c3ccccc3)c3ccccc3NC2=O)c(F)c1. The number of hydrogen-bond donors (Lipinski definition) is 3. The molecule has 3 heterocycles. The molecule has 1 aliphatic heterocycles. The fraction of sp³-hybridized carbons (Fsp3) is 0.0690. The molecule has 0 unspecified atom stereocenters. The number of para-hydroxylation sites is 1. The van der Waals surface area contributed by atoms with Gasteiger partial charge >= 0.3 is 0 Å². The number of carbonyl (C=O) groups excluding carboxylic acids is 2. The zero-order valence-electron chi connectivity index (χ0n) is 20.7. The lowest BCUT2D eigenvalue weighted by Gasteiger charge is -2.14. The van der Waals surface area contributed by atoms with Gasteiger partial charge in [-0.1, -0.05) is 48.5 Å². The Balaban J connectivity index is 1.44. The van der Waals surface area contributed by atoms with E-state index in [-0.39, 0.29) is 22.5 Å². The fourth-order valence-corrected chi connectivity index (χ4v) is 4.52. The van der Waals surface area contributed by atoms with Crippen LogP contribution in [0.4, 0.5) is 15.8 Å². The number of amides is 2. The Morgan fingerprint density at radius 3 is 2.59 bits per heavy atom. The first-order chi connectivity index (χ1) is 19.0. The van der Waals surface area contributed by atoms with Crippen LogP contribution in [-0.2, 0) is 4.79 Å². The highest BCUT2D eigenvalue weighted by Gasteiger charge is 2.30. The van der Waals surface area contributed by atoms with E-state index in [1.165, 1.54) is 16.8 Å². The van der Waals surface area contributed by atoms with Crippen LogP contribution in [0.3, 0.4) is 0 Å². The van der Waals surface area contributed by atoms with Gasteiger partial charge < -0.3 is 16.0 Å². The zero-order valence-corrected chi connectivity index (χ0v) is 20.7. The number of aliphatic imine (C=N–C) groups is 1. The van der Waals surface area contributed by atoms with Gasteiger partial charge in [0.1, 0.15) is 17.1 Å². The molecule has 2 amide bonds. The Kier molecular flexibility index (Phi) is 6.04. The number of nitrogens with zero attached hydrogens (tertiary/aromatic N) is 4. The molecule has 3 aromatic carbocycles. The summed E-state index contributed by atoms with van der Waals surface area (Å²) in [6.45, 7) is 0. The Morgan fingerprint density at radius 1 is 1.00 bits per heavy atom. The molecule has 6 rings (SSSR count). The molecule has 2 aromatic heterocycles. The average Bonchev–Trinajstić information content (AvgIpc) is 3.28. The minimum absolute atomic E-state index is 0.0257. The number of anilines is 2. The van der Waals surface area contributed by atoms with Crippen LogP contribution in [0.15, 0.2) is 96.2 Å². The monoisotopic (exact) mass is 519 g/mol. The lowest BCUT2D eigenvalue weighted by molar-refractivity contribution is -0.117. The van der Waals surface area contributed by atoms with Crippen LogP contribution in [0, 0.1) is 5.82 Å². The highest BCUT2D eigenvalue weighted by molar-refractivity contribution is 6.20. The highest BCUT2D eigenvalue weighted by Crippen LogP contribution is 2.30. The van der Waals surface area contributed by atoms with Gasteiger partial charge in [0.2, 0.25) is 6.17 Å². The van der Waals surface area contributed by atoms with Gasteiger partial charge in [-0.25, -0.2) is 18.9 Å². The Morgan fingerprint density at radius 2 is 1.79 bits per heavy atom. The van der Waals surface area contributed by atoms with Crippen molar-refractivity contribution in [1.82, 2.24) is 19.9 Å². The first kappa shape index (κ1) is 24.0. The number of rotatable bonds is 5. The molecule has 39 heavy (non-hydrogen) atoms. The molecule has 0 bridgehead atoms. The Hall–Kier alpha value is -5.38. The number of aromatic nitrogens is 3. The Bertz CT molecular complexity index is 1760. The maximum Gasteiger partial charge on any atom is 0.269 e. The average molecular weight is 520 g/mol. The molecule has 0 radical (unpaired) electrons. The van der Waals surface area contributed by atoms with Crippen LogP contribution in [0.1, 0.15) is 21.5 Å². The summed E-state index contributed by atoms with van der Waals surface area (Å²) in [5, 5.41) is 12.9. The minimum Gasteiger partial charge on any atom is -0.388 e. The number of benzodiazepines with no additional fused rings is 1. The number of hydrogen-bond acceptors (Lipinski definition) is 6. The predicted octanol–water partition coefficient (Wildman–Crippen LogP) is 4.12. The third kappa shape index (κ3) is 4.37. The van der Waals surface area contributed by atoms with E-state index >= 15 is 4.39 Å². The highest BCUT2D eigenvalue weighted by atomic mass is 19.1. The van der Waals surface area contributed by atoms with Crippen LogP contribution in [0.25, 0.3) is 16.9 Å². The van der Waals surface area contributed by atoms with Crippen LogP contribution in [0.5, 0.6) is 0 Å². The van der Waals surface area contributed by atoms with E-state index in [1.54, 1.807) is 37.5 Å². The van der Waals surface area contributed by atoms with Crippen molar-refractivity contribution >= 4 is 34.5 Å². The number of fused-ring (bicyclic) bond motifs is 2. The van der Waals surface area contributed by atoms with Gasteiger partial charge in [-0.2, -0.15) is 5.10 Å².